The summed E-state index contributed by atoms with van der Waals surface area (Å²) in [5.74, 6) is 0. The fourth-order valence-electron chi connectivity index (χ4n) is 2.51. The van der Waals surface area contributed by atoms with Gasteiger partial charge in [-0.2, -0.15) is 0 Å². The summed E-state index contributed by atoms with van der Waals surface area (Å²) >= 11 is 0. The number of aryl methyl sites for hydroxylation is 1. The van der Waals surface area contributed by atoms with Crippen LogP contribution >= 0.6 is 0 Å². The highest BCUT2D eigenvalue weighted by Crippen LogP contribution is 2.17. The zero-order valence-corrected chi connectivity index (χ0v) is 13.5. The van der Waals surface area contributed by atoms with E-state index in [2.05, 4.69) is 10.0 Å². The van der Waals surface area contributed by atoms with E-state index in [4.69, 9.17) is 4.74 Å². The normalized spacial score (nSPS) is 19.0. The molecule has 0 aromatic heterocycles. The number of hydrogen-bond donors (Lipinski definition) is 2. The number of rotatable bonds is 7. The van der Waals surface area contributed by atoms with Gasteiger partial charge in [-0.3, -0.25) is 0 Å². The standard InChI is InChI=1S/C15H24N2O3S/c1-12-5-6-15(10-13(12)11-16-2)21(18,19)17-8-7-14-4-3-9-20-14/h5-6,10,14,16-17H,3-4,7-9,11H2,1-2H3. The zero-order valence-electron chi connectivity index (χ0n) is 12.7. The first-order valence-corrected chi connectivity index (χ1v) is 8.86. The molecule has 2 N–H and O–H groups in total. The van der Waals surface area contributed by atoms with Gasteiger partial charge < -0.3 is 10.1 Å². The molecule has 1 aromatic carbocycles. The Hall–Kier alpha value is -0.950. The van der Waals surface area contributed by atoms with Crippen molar-refractivity contribution in [1.29, 1.82) is 0 Å². The van der Waals surface area contributed by atoms with E-state index in [0.717, 1.165) is 37.0 Å². The average molecular weight is 312 g/mol. The van der Waals surface area contributed by atoms with E-state index in [1.165, 1.54) is 0 Å². The highest BCUT2D eigenvalue weighted by atomic mass is 32.2. The van der Waals surface area contributed by atoms with Gasteiger partial charge in [-0.25, -0.2) is 13.1 Å². The van der Waals surface area contributed by atoms with Crippen LogP contribution in [0.3, 0.4) is 0 Å². The van der Waals surface area contributed by atoms with Crippen LogP contribution in [-0.2, 0) is 21.3 Å². The maximum atomic E-state index is 12.3. The van der Waals surface area contributed by atoms with Gasteiger partial charge >= 0.3 is 0 Å². The van der Waals surface area contributed by atoms with Crippen molar-refractivity contribution in [2.24, 2.45) is 0 Å². The summed E-state index contributed by atoms with van der Waals surface area (Å²) < 4.78 is 32.8. The second-order valence-corrected chi connectivity index (χ2v) is 7.21. The van der Waals surface area contributed by atoms with Crippen molar-refractivity contribution in [2.45, 2.75) is 43.7 Å². The van der Waals surface area contributed by atoms with Crippen molar-refractivity contribution in [3.05, 3.63) is 29.3 Å². The van der Waals surface area contributed by atoms with Crippen molar-refractivity contribution < 1.29 is 13.2 Å². The monoisotopic (exact) mass is 312 g/mol. The summed E-state index contributed by atoms with van der Waals surface area (Å²) in [5.41, 5.74) is 2.09. The van der Waals surface area contributed by atoms with Gasteiger partial charge in [-0.1, -0.05) is 6.07 Å². The van der Waals surface area contributed by atoms with Gasteiger partial charge in [0, 0.05) is 19.7 Å². The first-order chi connectivity index (χ1) is 10.0. The fourth-order valence-corrected chi connectivity index (χ4v) is 3.60. The molecule has 0 spiro atoms. The number of nitrogens with one attached hydrogen (secondary N) is 2. The van der Waals surface area contributed by atoms with E-state index >= 15 is 0 Å². The predicted octanol–water partition coefficient (Wildman–Crippen LogP) is 1.56. The largest absolute Gasteiger partial charge is 0.378 e. The summed E-state index contributed by atoms with van der Waals surface area (Å²) in [6.07, 6.45) is 3.03. The molecule has 1 unspecified atom stereocenters. The first kappa shape index (κ1) is 16.4. The molecule has 1 fully saturated rings. The lowest BCUT2D eigenvalue weighted by Gasteiger charge is -2.12. The highest BCUT2D eigenvalue weighted by molar-refractivity contribution is 7.89. The van der Waals surface area contributed by atoms with Crippen LogP contribution in [-0.4, -0.2) is 34.7 Å². The molecule has 1 atom stereocenters. The molecule has 0 aliphatic carbocycles. The van der Waals surface area contributed by atoms with Crippen molar-refractivity contribution >= 4 is 10.0 Å². The molecule has 0 bridgehead atoms. The molecular weight excluding hydrogens is 288 g/mol. The number of benzene rings is 1. The third-order valence-corrected chi connectivity index (χ3v) is 5.24. The molecule has 2 rings (SSSR count). The molecule has 0 amide bonds. The van der Waals surface area contributed by atoms with Gasteiger partial charge in [0.15, 0.2) is 0 Å². The Bertz CT molecular complexity index is 566. The van der Waals surface area contributed by atoms with E-state index in [-0.39, 0.29) is 6.10 Å². The predicted molar refractivity (Wildman–Crippen MR) is 82.7 cm³/mol. The Labute approximate surface area is 127 Å². The van der Waals surface area contributed by atoms with Crippen molar-refractivity contribution in [2.75, 3.05) is 20.2 Å². The third-order valence-electron chi connectivity index (χ3n) is 3.78. The summed E-state index contributed by atoms with van der Waals surface area (Å²) in [6.45, 7) is 3.85. The Balaban J connectivity index is 1.99. The van der Waals surface area contributed by atoms with E-state index < -0.39 is 10.0 Å². The van der Waals surface area contributed by atoms with Crippen molar-refractivity contribution in [1.82, 2.24) is 10.0 Å². The number of hydrogen-bond acceptors (Lipinski definition) is 4. The van der Waals surface area contributed by atoms with E-state index in [9.17, 15) is 8.42 Å². The average Bonchev–Trinajstić information content (AvgIpc) is 2.94. The quantitative estimate of drug-likeness (QED) is 0.802. The van der Waals surface area contributed by atoms with E-state index in [1.807, 2.05) is 20.0 Å². The fraction of sp³-hybridized carbons (Fsp3) is 0.600. The molecule has 118 valence electrons. The third kappa shape index (κ3) is 4.51. The van der Waals surface area contributed by atoms with Gasteiger partial charge in [0.1, 0.15) is 0 Å². The summed E-state index contributed by atoms with van der Waals surface area (Å²) in [7, 11) is -1.60. The minimum Gasteiger partial charge on any atom is -0.378 e. The number of sulfonamides is 1. The zero-order chi connectivity index (χ0) is 15.3. The maximum Gasteiger partial charge on any atom is 0.240 e. The topological polar surface area (TPSA) is 67.4 Å². The molecule has 1 aliphatic heterocycles. The summed E-state index contributed by atoms with van der Waals surface area (Å²) in [4.78, 5) is 0.325. The molecular formula is C15H24N2O3S. The van der Waals surface area contributed by atoms with Gasteiger partial charge in [-0.15, -0.1) is 0 Å². The summed E-state index contributed by atoms with van der Waals surface area (Å²) in [6, 6.07) is 5.24. The van der Waals surface area contributed by atoms with Crippen LogP contribution in [0.4, 0.5) is 0 Å². The lowest BCUT2D eigenvalue weighted by atomic mass is 10.1. The van der Waals surface area contributed by atoms with Crippen molar-refractivity contribution in [3.63, 3.8) is 0 Å². The molecule has 1 saturated heterocycles. The SMILES string of the molecule is CNCc1cc(S(=O)(=O)NCCC2CCCO2)ccc1C. The Morgan fingerprint density at radius 1 is 1.38 bits per heavy atom. The lowest BCUT2D eigenvalue weighted by molar-refractivity contribution is 0.105. The summed E-state index contributed by atoms with van der Waals surface area (Å²) in [5, 5.41) is 3.05. The van der Waals surface area contributed by atoms with Crippen LogP contribution in [0.5, 0.6) is 0 Å². The molecule has 1 aromatic rings. The van der Waals surface area contributed by atoms with Crippen LogP contribution in [0.2, 0.25) is 0 Å². The van der Waals surface area contributed by atoms with Crippen molar-refractivity contribution in [3.8, 4) is 0 Å². The Morgan fingerprint density at radius 3 is 2.86 bits per heavy atom. The van der Waals surface area contributed by atoms with E-state index in [1.54, 1.807) is 12.1 Å². The Kier molecular flexibility index (Phi) is 5.75. The molecule has 0 radical (unpaired) electrons. The Morgan fingerprint density at radius 2 is 2.19 bits per heavy atom. The molecule has 6 heteroatoms. The molecule has 21 heavy (non-hydrogen) atoms. The van der Waals surface area contributed by atoms with Gasteiger partial charge in [-0.05, 0) is 56.5 Å². The lowest BCUT2D eigenvalue weighted by Crippen LogP contribution is -2.27. The minimum atomic E-state index is -3.44. The second kappa shape index (κ2) is 7.35. The molecule has 1 heterocycles. The van der Waals surface area contributed by atoms with Gasteiger partial charge in [0.2, 0.25) is 10.0 Å². The van der Waals surface area contributed by atoms with Crippen LogP contribution in [0.25, 0.3) is 0 Å². The smallest absolute Gasteiger partial charge is 0.240 e. The van der Waals surface area contributed by atoms with Gasteiger partial charge in [0.25, 0.3) is 0 Å². The maximum absolute atomic E-state index is 12.3. The second-order valence-electron chi connectivity index (χ2n) is 5.44. The van der Waals surface area contributed by atoms with Gasteiger partial charge in [0.05, 0.1) is 11.0 Å². The van der Waals surface area contributed by atoms with Crippen LogP contribution in [0.15, 0.2) is 23.1 Å². The molecule has 1 aliphatic rings. The highest BCUT2D eigenvalue weighted by Gasteiger charge is 2.18. The van der Waals surface area contributed by atoms with Crippen LogP contribution in [0, 0.1) is 6.92 Å². The van der Waals surface area contributed by atoms with Crippen LogP contribution in [0.1, 0.15) is 30.4 Å². The first-order valence-electron chi connectivity index (χ1n) is 7.38. The van der Waals surface area contributed by atoms with E-state index in [0.29, 0.717) is 18.0 Å². The number of ether oxygens (including phenoxy) is 1. The molecule has 0 saturated carbocycles. The van der Waals surface area contributed by atoms with Crippen LogP contribution < -0.4 is 10.0 Å². The minimum absolute atomic E-state index is 0.200. The molecule has 5 nitrogen and oxygen atoms in total.